The predicted molar refractivity (Wildman–Crippen MR) is 79.4 cm³/mol. The van der Waals surface area contributed by atoms with Crippen LogP contribution in [0.15, 0.2) is 22.8 Å². The molecule has 102 valence electrons. The average molecular weight is 333 g/mol. The first kappa shape index (κ1) is 12.9. The summed E-state index contributed by atoms with van der Waals surface area (Å²) >= 11 is 3.33. The van der Waals surface area contributed by atoms with E-state index in [0.717, 1.165) is 11.0 Å². The Kier molecular flexibility index (Phi) is 3.32. The maximum atomic E-state index is 9.23. The Morgan fingerprint density at radius 2 is 2.30 bits per heavy atom. The second kappa shape index (κ2) is 5.13. The van der Waals surface area contributed by atoms with Crippen molar-refractivity contribution in [3.05, 3.63) is 28.4 Å². The van der Waals surface area contributed by atoms with Gasteiger partial charge in [0.15, 0.2) is 11.6 Å². The second-order valence-electron chi connectivity index (χ2n) is 4.79. The Morgan fingerprint density at radius 3 is 2.90 bits per heavy atom. The molecule has 0 radical (unpaired) electrons. The fraction of sp³-hybridized carbons (Fsp3) is 0.308. The van der Waals surface area contributed by atoms with Gasteiger partial charge in [-0.1, -0.05) is 0 Å². The minimum absolute atomic E-state index is 0.306. The van der Waals surface area contributed by atoms with Crippen molar-refractivity contribution in [2.75, 3.05) is 17.6 Å². The number of nitrogens with one attached hydrogen (secondary N) is 1. The van der Waals surface area contributed by atoms with Crippen LogP contribution in [0.4, 0.5) is 11.6 Å². The smallest absolute Gasteiger partial charge is 0.168 e. The number of hydrogen-bond acceptors (Lipinski definition) is 5. The van der Waals surface area contributed by atoms with Crippen molar-refractivity contribution in [3.63, 3.8) is 0 Å². The lowest BCUT2D eigenvalue weighted by Gasteiger charge is -2.02. The summed E-state index contributed by atoms with van der Waals surface area (Å²) in [4.78, 5) is 4.24. The van der Waals surface area contributed by atoms with E-state index in [-0.39, 0.29) is 0 Å². The predicted octanol–water partition coefficient (Wildman–Crippen LogP) is 2.31. The molecule has 20 heavy (non-hydrogen) atoms. The van der Waals surface area contributed by atoms with Crippen LogP contribution in [0.2, 0.25) is 0 Å². The normalized spacial score (nSPS) is 14.0. The van der Waals surface area contributed by atoms with Crippen molar-refractivity contribution in [3.8, 4) is 11.9 Å². The first-order valence-corrected chi connectivity index (χ1v) is 7.12. The Morgan fingerprint density at radius 1 is 1.50 bits per heavy atom. The average Bonchev–Trinajstić information content (AvgIpc) is 3.22. The summed E-state index contributed by atoms with van der Waals surface area (Å²) in [7, 11) is 0. The summed E-state index contributed by atoms with van der Waals surface area (Å²) in [6.07, 6.45) is 4.14. The van der Waals surface area contributed by atoms with Crippen LogP contribution in [0.3, 0.4) is 0 Å². The third-order valence-corrected chi connectivity index (χ3v) is 3.69. The molecule has 0 amide bonds. The topological polar surface area (TPSA) is 92.5 Å². The lowest BCUT2D eigenvalue weighted by Crippen LogP contribution is -2.06. The molecule has 0 saturated heterocycles. The molecule has 1 fully saturated rings. The SMILES string of the molecule is N#Cc1c(NCC2CC2)nn(-c2ccc(Br)cn2)c1N. The molecule has 0 unspecified atom stereocenters. The maximum Gasteiger partial charge on any atom is 0.168 e. The molecule has 2 aromatic heterocycles. The van der Waals surface area contributed by atoms with E-state index in [9.17, 15) is 5.26 Å². The second-order valence-corrected chi connectivity index (χ2v) is 5.71. The van der Waals surface area contributed by atoms with Gasteiger partial charge >= 0.3 is 0 Å². The summed E-state index contributed by atoms with van der Waals surface area (Å²) < 4.78 is 2.36. The first-order valence-electron chi connectivity index (χ1n) is 6.33. The van der Waals surface area contributed by atoms with Gasteiger partial charge in [0, 0.05) is 17.2 Å². The quantitative estimate of drug-likeness (QED) is 0.896. The lowest BCUT2D eigenvalue weighted by molar-refractivity contribution is 0.837. The first-order chi connectivity index (χ1) is 9.69. The molecular weight excluding hydrogens is 320 g/mol. The third kappa shape index (κ3) is 2.47. The zero-order valence-electron chi connectivity index (χ0n) is 10.7. The van der Waals surface area contributed by atoms with Gasteiger partial charge in [-0.3, -0.25) is 0 Å². The number of anilines is 2. The molecule has 1 aliphatic rings. The fourth-order valence-electron chi connectivity index (χ4n) is 1.90. The number of nitrogens with two attached hydrogens (primary N) is 1. The molecule has 0 atom stereocenters. The van der Waals surface area contributed by atoms with Crippen molar-refractivity contribution >= 4 is 27.6 Å². The van der Waals surface area contributed by atoms with Crippen molar-refractivity contribution in [1.82, 2.24) is 14.8 Å². The number of aromatic nitrogens is 3. The van der Waals surface area contributed by atoms with Crippen molar-refractivity contribution in [2.24, 2.45) is 5.92 Å². The van der Waals surface area contributed by atoms with Gasteiger partial charge in [0.05, 0.1) is 0 Å². The van der Waals surface area contributed by atoms with Gasteiger partial charge in [-0.15, -0.1) is 5.10 Å². The number of rotatable bonds is 4. The summed E-state index contributed by atoms with van der Waals surface area (Å²) in [6, 6.07) is 5.75. The van der Waals surface area contributed by atoms with Crippen molar-refractivity contribution in [1.29, 1.82) is 5.26 Å². The molecule has 2 heterocycles. The van der Waals surface area contributed by atoms with E-state index < -0.39 is 0 Å². The zero-order valence-corrected chi connectivity index (χ0v) is 12.3. The Hall–Kier alpha value is -2.07. The summed E-state index contributed by atoms with van der Waals surface area (Å²) in [5, 5.41) is 16.8. The molecule has 3 rings (SSSR count). The van der Waals surface area contributed by atoms with E-state index in [1.807, 2.05) is 6.07 Å². The molecule has 0 bridgehead atoms. The minimum Gasteiger partial charge on any atom is -0.382 e. The Balaban J connectivity index is 1.94. The van der Waals surface area contributed by atoms with Crippen LogP contribution in [0.5, 0.6) is 0 Å². The number of halogens is 1. The van der Waals surface area contributed by atoms with Gasteiger partial charge in [-0.2, -0.15) is 9.94 Å². The van der Waals surface area contributed by atoms with Crippen LogP contribution in [0.1, 0.15) is 18.4 Å². The summed E-state index contributed by atoms with van der Waals surface area (Å²) in [6.45, 7) is 0.832. The number of hydrogen-bond donors (Lipinski definition) is 2. The van der Waals surface area contributed by atoms with Crippen LogP contribution in [-0.4, -0.2) is 21.3 Å². The van der Waals surface area contributed by atoms with E-state index in [1.54, 1.807) is 12.3 Å². The van der Waals surface area contributed by atoms with E-state index in [0.29, 0.717) is 28.9 Å². The number of pyridine rings is 1. The molecule has 2 aromatic rings. The van der Waals surface area contributed by atoms with Crippen LogP contribution in [0, 0.1) is 17.2 Å². The van der Waals surface area contributed by atoms with E-state index >= 15 is 0 Å². The molecule has 0 spiro atoms. The summed E-state index contributed by atoms with van der Waals surface area (Å²) in [5.74, 6) is 2.11. The Bertz CT molecular complexity index is 665. The highest BCUT2D eigenvalue weighted by molar-refractivity contribution is 9.10. The van der Waals surface area contributed by atoms with Gasteiger partial charge in [0.2, 0.25) is 0 Å². The Labute approximate surface area is 124 Å². The fourth-order valence-corrected chi connectivity index (χ4v) is 2.13. The van der Waals surface area contributed by atoms with E-state index in [4.69, 9.17) is 5.73 Å². The summed E-state index contributed by atoms with van der Waals surface area (Å²) in [5.41, 5.74) is 6.36. The van der Waals surface area contributed by atoms with Crippen molar-refractivity contribution < 1.29 is 0 Å². The van der Waals surface area contributed by atoms with Gasteiger partial charge in [0.1, 0.15) is 17.5 Å². The monoisotopic (exact) mass is 332 g/mol. The minimum atomic E-state index is 0.306. The molecule has 1 saturated carbocycles. The van der Waals surface area contributed by atoms with E-state index in [2.05, 4.69) is 37.4 Å². The van der Waals surface area contributed by atoms with Gasteiger partial charge in [0.25, 0.3) is 0 Å². The molecule has 7 heteroatoms. The van der Waals surface area contributed by atoms with Gasteiger partial charge in [-0.05, 0) is 46.8 Å². The van der Waals surface area contributed by atoms with Gasteiger partial charge < -0.3 is 11.1 Å². The highest BCUT2D eigenvalue weighted by atomic mass is 79.9. The molecule has 3 N–H and O–H groups in total. The molecule has 0 aromatic carbocycles. The van der Waals surface area contributed by atoms with Crippen LogP contribution in [-0.2, 0) is 0 Å². The van der Waals surface area contributed by atoms with E-state index in [1.165, 1.54) is 17.5 Å². The lowest BCUT2D eigenvalue weighted by atomic mass is 10.3. The number of nitriles is 1. The highest BCUT2D eigenvalue weighted by Crippen LogP contribution is 2.30. The molecule has 6 nitrogen and oxygen atoms in total. The van der Waals surface area contributed by atoms with Crippen molar-refractivity contribution in [2.45, 2.75) is 12.8 Å². The molecule has 1 aliphatic carbocycles. The highest BCUT2D eigenvalue weighted by Gasteiger charge is 2.23. The number of nitrogen functional groups attached to an aromatic ring is 1. The number of nitrogens with zero attached hydrogens (tertiary/aromatic N) is 4. The van der Waals surface area contributed by atoms with Crippen LogP contribution >= 0.6 is 15.9 Å². The van der Waals surface area contributed by atoms with Gasteiger partial charge in [-0.25, -0.2) is 4.98 Å². The molecular formula is C13H13BrN6. The zero-order chi connectivity index (χ0) is 14.1. The molecule has 0 aliphatic heterocycles. The largest absolute Gasteiger partial charge is 0.382 e. The van der Waals surface area contributed by atoms with Crippen LogP contribution < -0.4 is 11.1 Å². The van der Waals surface area contributed by atoms with Crippen LogP contribution in [0.25, 0.3) is 5.82 Å². The maximum absolute atomic E-state index is 9.23. The standard InChI is InChI=1S/C13H13BrN6/c14-9-3-4-11(17-7-9)20-12(16)10(5-15)13(19-20)18-6-8-1-2-8/h3-4,7-8H,1-2,6,16H2,(H,18,19). The third-order valence-electron chi connectivity index (χ3n) is 3.22.